The van der Waals surface area contributed by atoms with Gasteiger partial charge in [-0.05, 0) is 43.9 Å². The number of anilines is 1. The standard InChI is InChI=1S/C20H24Cl2N4O2/c21-16-2-1-3-17(19(16)22)26-10-8-25(9-11-26)7-5-14-12-15(13-14)24-20(27)18-4-6-23-28-18/h1-4,6,14-15H,5,7-13H2,(H,24,27). The van der Waals surface area contributed by atoms with Gasteiger partial charge in [0.05, 0.1) is 21.9 Å². The first-order valence-corrected chi connectivity index (χ1v) is 10.5. The van der Waals surface area contributed by atoms with Gasteiger partial charge in [0.25, 0.3) is 5.91 Å². The number of aromatic nitrogens is 1. The minimum Gasteiger partial charge on any atom is -0.368 e. The van der Waals surface area contributed by atoms with Crippen molar-refractivity contribution in [1.29, 1.82) is 0 Å². The molecule has 1 aliphatic heterocycles. The van der Waals surface area contributed by atoms with Gasteiger partial charge in [-0.1, -0.05) is 34.4 Å². The third-order valence-corrected chi connectivity index (χ3v) is 6.54. The Bertz CT molecular complexity index is 801. The Balaban J connectivity index is 1.15. The average molecular weight is 423 g/mol. The van der Waals surface area contributed by atoms with Crippen molar-refractivity contribution in [3.63, 3.8) is 0 Å². The summed E-state index contributed by atoms with van der Waals surface area (Å²) in [6, 6.07) is 7.64. The first-order valence-electron chi connectivity index (χ1n) is 9.73. The summed E-state index contributed by atoms with van der Waals surface area (Å²) >= 11 is 12.5. The minimum atomic E-state index is -0.170. The molecule has 8 heteroatoms. The molecule has 1 aromatic carbocycles. The molecule has 0 radical (unpaired) electrons. The van der Waals surface area contributed by atoms with Gasteiger partial charge in [-0.2, -0.15) is 0 Å². The SMILES string of the molecule is O=C(NC1CC(CCN2CCN(c3cccc(Cl)c3Cl)CC2)C1)c1ccno1. The number of carbonyl (C=O) groups is 1. The molecule has 0 bridgehead atoms. The van der Waals surface area contributed by atoms with E-state index < -0.39 is 0 Å². The molecule has 0 spiro atoms. The van der Waals surface area contributed by atoms with Gasteiger partial charge in [-0.15, -0.1) is 0 Å². The molecule has 1 N–H and O–H groups in total. The number of benzene rings is 1. The highest BCUT2D eigenvalue weighted by Crippen LogP contribution is 2.33. The Kier molecular flexibility index (Phi) is 6.09. The van der Waals surface area contributed by atoms with Crippen molar-refractivity contribution >= 4 is 34.8 Å². The van der Waals surface area contributed by atoms with Crippen LogP contribution < -0.4 is 10.2 Å². The molecule has 1 aromatic heterocycles. The van der Waals surface area contributed by atoms with Crippen molar-refractivity contribution in [3.8, 4) is 0 Å². The van der Waals surface area contributed by atoms with E-state index in [0.717, 1.165) is 51.3 Å². The summed E-state index contributed by atoms with van der Waals surface area (Å²) in [6.07, 6.45) is 4.74. The van der Waals surface area contributed by atoms with Crippen LogP contribution in [0.3, 0.4) is 0 Å². The summed E-state index contributed by atoms with van der Waals surface area (Å²) in [5.74, 6) is 0.790. The van der Waals surface area contributed by atoms with Gasteiger partial charge in [0.15, 0.2) is 0 Å². The molecule has 0 unspecified atom stereocenters. The van der Waals surface area contributed by atoms with E-state index in [1.807, 2.05) is 18.2 Å². The van der Waals surface area contributed by atoms with Crippen LogP contribution in [0.2, 0.25) is 10.0 Å². The zero-order chi connectivity index (χ0) is 19.5. The molecule has 1 aliphatic carbocycles. The lowest BCUT2D eigenvalue weighted by Crippen LogP contribution is -2.48. The lowest BCUT2D eigenvalue weighted by molar-refractivity contribution is 0.0840. The fourth-order valence-electron chi connectivity index (χ4n) is 3.99. The van der Waals surface area contributed by atoms with Gasteiger partial charge >= 0.3 is 0 Å². The number of rotatable bonds is 6. The predicted octanol–water partition coefficient (Wildman–Crippen LogP) is 3.70. The maximum atomic E-state index is 11.9. The number of hydrogen-bond acceptors (Lipinski definition) is 5. The van der Waals surface area contributed by atoms with Crippen LogP contribution >= 0.6 is 23.2 Å². The number of amides is 1. The van der Waals surface area contributed by atoms with E-state index in [4.69, 9.17) is 27.7 Å². The molecular weight excluding hydrogens is 399 g/mol. The van der Waals surface area contributed by atoms with Crippen molar-refractivity contribution < 1.29 is 9.32 Å². The molecule has 1 saturated heterocycles. The fraction of sp³-hybridized carbons (Fsp3) is 0.500. The second-order valence-electron chi connectivity index (χ2n) is 7.57. The van der Waals surface area contributed by atoms with Crippen LogP contribution in [0.15, 0.2) is 35.0 Å². The molecule has 2 aromatic rings. The Hall–Kier alpha value is -1.76. The smallest absolute Gasteiger partial charge is 0.290 e. The number of halogens is 2. The molecule has 1 saturated carbocycles. The van der Waals surface area contributed by atoms with Crippen molar-refractivity contribution in [2.75, 3.05) is 37.6 Å². The lowest BCUT2D eigenvalue weighted by Gasteiger charge is -2.39. The highest BCUT2D eigenvalue weighted by atomic mass is 35.5. The first kappa shape index (κ1) is 19.6. The van der Waals surface area contributed by atoms with Crippen LogP contribution in [0.1, 0.15) is 29.8 Å². The summed E-state index contributed by atoms with van der Waals surface area (Å²) in [5.41, 5.74) is 1.03. The molecule has 4 rings (SSSR count). The van der Waals surface area contributed by atoms with Crippen LogP contribution in [-0.2, 0) is 0 Å². The largest absolute Gasteiger partial charge is 0.368 e. The summed E-state index contributed by atoms with van der Waals surface area (Å²) in [5, 5.41) is 7.82. The Morgan fingerprint density at radius 2 is 1.96 bits per heavy atom. The molecular formula is C20H24Cl2N4O2. The third-order valence-electron chi connectivity index (χ3n) is 5.73. The van der Waals surface area contributed by atoms with E-state index in [2.05, 4.69) is 20.3 Å². The summed E-state index contributed by atoms with van der Waals surface area (Å²) in [4.78, 5) is 16.8. The van der Waals surface area contributed by atoms with Crippen LogP contribution in [0, 0.1) is 5.92 Å². The van der Waals surface area contributed by atoms with E-state index in [-0.39, 0.29) is 17.7 Å². The van der Waals surface area contributed by atoms with Gasteiger partial charge < -0.3 is 14.7 Å². The maximum Gasteiger partial charge on any atom is 0.290 e. The second kappa shape index (κ2) is 8.72. The minimum absolute atomic E-state index is 0.170. The topological polar surface area (TPSA) is 61.6 Å². The van der Waals surface area contributed by atoms with Crippen molar-refractivity contribution in [1.82, 2.24) is 15.4 Å². The zero-order valence-corrected chi connectivity index (χ0v) is 17.1. The Morgan fingerprint density at radius 1 is 1.18 bits per heavy atom. The average Bonchev–Trinajstić information content (AvgIpc) is 3.21. The molecule has 0 atom stereocenters. The number of piperazine rings is 1. The van der Waals surface area contributed by atoms with Crippen LogP contribution in [-0.4, -0.2) is 54.7 Å². The quantitative estimate of drug-likeness (QED) is 0.768. The lowest BCUT2D eigenvalue weighted by atomic mass is 9.78. The van der Waals surface area contributed by atoms with E-state index in [1.54, 1.807) is 6.07 Å². The van der Waals surface area contributed by atoms with E-state index >= 15 is 0 Å². The number of nitrogens with one attached hydrogen (secondary N) is 1. The van der Waals surface area contributed by atoms with Crippen molar-refractivity contribution in [3.05, 3.63) is 46.3 Å². The molecule has 150 valence electrons. The van der Waals surface area contributed by atoms with Gasteiger partial charge in [-0.3, -0.25) is 9.69 Å². The van der Waals surface area contributed by atoms with E-state index in [1.165, 1.54) is 12.6 Å². The number of carbonyl (C=O) groups excluding carboxylic acids is 1. The van der Waals surface area contributed by atoms with Gasteiger partial charge in [0, 0.05) is 38.3 Å². The Labute approximate surface area is 174 Å². The maximum absolute atomic E-state index is 11.9. The van der Waals surface area contributed by atoms with Gasteiger partial charge in [0.2, 0.25) is 5.76 Å². The number of hydrogen-bond donors (Lipinski definition) is 1. The van der Waals surface area contributed by atoms with Crippen LogP contribution in [0.5, 0.6) is 0 Å². The monoisotopic (exact) mass is 422 g/mol. The normalized spacial score (nSPS) is 22.7. The third kappa shape index (κ3) is 4.45. The summed E-state index contributed by atoms with van der Waals surface area (Å²) < 4.78 is 4.88. The molecule has 2 fully saturated rings. The van der Waals surface area contributed by atoms with E-state index in [9.17, 15) is 4.79 Å². The molecule has 28 heavy (non-hydrogen) atoms. The number of nitrogens with zero attached hydrogens (tertiary/aromatic N) is 3. The van der Waals surface area contributed by atoms with E-state index in [0.29, 0.717) is 16.0 Å². The molecule has 2 aliphatic rings. The second-order valence-corrected chi connectivity index (χ2v) is 8.36. The Morgan fingerprint density at radius 3 is 2.68 bits per heavy atom. The predicted molar refractivity (Wildman–Crippen MR) is 110 cm³/mol. The van der Waals surface area contributed by atoms with Crippen LogP contribution in [0.25, 0.3) is 0 Å². The van der Waals surface area contributed by atoms with Crippen LogP contribution in [0.4, 0.5) is 5.69 Å². The van der Waals surface area contributed by atoms with Crippen molar-refractivity contribution in [2.24, 2.45) is 5.92 Å². The molecule has 1 amide bonds. The highest BCUT2D eigenvalue weighted by molar-refractivity contribution is 6.43. The zero-order valence-electron chi connectivity index (χ0n) is 15.6. The van der Waals surface area contributed by atoms with Gasteiger partial charge in [0.1, 0.15) is 0 Å². The summed E-state index contributed by atoms with van der Waals surface area (Å²) in [6.45, 7) is 5.08. The first-order chi connectivity index (χ1) is 13.6. The van der Waals surface area contributed by atoms with Gasteiger partial charge in [-0.25, -0.2) is 0 Å². The highest BCUT2D eigenvalue weighted by Gasteiger charge is 2.31. The molecule has 6 nitrogen and oxygen atoms in total. The summed E-state index contributed by atoms with van der Waals surface area (Å²) in [7, 11) is 0. The fourth-order valence-corrected chi connectivity index (χ4v) is 4.41. The molecule has 2 heterocycles. The van der Waals surface area contributed by atoms with Crippen molar-refractivity contribution in [2.45, 2.75) is 25.3 Å².